The monoisotopic (exact) mass is 205 g/mol. The Morgan fingerprint density at radius 3 is 3.00 bits per heavy atom. The summed E-state index contributed by atoms with van der Waals surface area (Å²) in [5.41, 5.74) is 2.60. The Hall–Kier alpha value is -0.860. The topological polar surface area (TPSA) is 21.3 Å². The molecular weight excluding hydrogens is 186 g/mol. The maximum absolute atomic E-state index is 5.97. The van der Waals surface area contributed by atoms with Crippen LogP contribution in [0.2, 0.25) is 0 Å². The van der Waals surface area contributed by atoms with Gasteiger partial charge in [0.25, 0.3) is 0 Å². The Balaban J connectivity index is 1.92. The summed E-state index contributed by atoms with van der Waals surface area (Å²) >= 11 is 0. The number of hydrogen-bond donors (Lipinski definition) is 1. The van der Waals surface area contributed by atoms with Gasteiger partial charge in [0.05, 0.1) is 12.2 Å². The molecule has 82 valence electrons. The van der Waals surface area contributed by atoms with Crippen LogP contribution < -0.4 is 5.32 Å². The molecule has 0 aromatic heterocycles. The Morgan fingerprint density at radius 1 is 1.47 bits per heavy atom. The van der Waals surface area contributed by atoms with E-state index in [9.17, 15) is 0 Å². The first-order valence-electron chi connectivity index (χ1n) is 5.58. The van der Waals surface area contributed by atoms with Gasteiger partial charge in [-0.25, -0.2) is 0 Å². The third kappa shape index (κ3) is 2.80. The Labute approximate surface area is 91.6 Å². The summed E-state index contributed by atoms with van der Waals surface area (Å²) in [6.45, 7) is 7.06. The van der Waals surface area contributed by atoms with E-state index in [-0.39, 0.29) is 5.60 Å². The summed E-state index contributed by atoms with van der Waals surface area (Å²) in [4.78, 5) is 0. The summed E-state index contributed by atoms with van der Waals surface area (Å²) in [6, 6.07) is 8.51. The fourth-order valence-corrected chi connectivity index (χ4v) is 1.98. The molecule has 2 nitrogen and oxygen atoms in total. The first-order chi connectivity index (χ1) is 7.18. The molecule has 1 heterocycles. The van der Waals surface area contributed by atoms with Crippen LogP contribution in [-0.2, 0) is 11.3 Å². The third-order valence-corrected chi connectivity index (χ3v) is 3.00. The Bertz CT molecular complexity index is 329. The summed E-state index contributed by atoms with van der Waals surface area (Å²) in [6.07, 6.45) is 1.11. The molecule has 0 radical (unpaired) electrons. The van der Waals surface area contributed by atoms with Gasteiger partial charge in [0.15, 0.2) is 0 Å². The van der Waals surface area contributed by atoms with Gasteiger partial charge < -0.3 is 10.1 Å². The quantitative estimate of drug-likeness (QED) is 0.817. The molecule has 2 rings (SSSR count). The first-order valence-corrected chi connectivity index (χ1v) is 5.58. The van der Waals surface area contributed by atoms with Crippen molar-refractivity contribution < 1.29 is 4.74 Å². The van der Waals surface area contributed by atoms with E-state index in [0.717, 1.165) is 26.1 Å². The van der Waals surface area contributed by atoms with Gasteiger partial charge >= 0.3 is 0 Å². The summed E-state index contributed by atoms with van der Waals surface area (Å²) in [5, 5.41) is 3.34. The van der Waals surface area contributed by atoms with Crippen molar-refractivity contribution in [3.63, 3.8) is 0 Å². The molecule has 1 N–H and O–H groups in total. The molecule has 1 aliphatic rings. The van der Waals surface area contributed by atoms with Crippen LogP contribution in [0.25, 0.3) is 0 Å². The van der Waals surface area contributed by atoms with Crippen LogP contribution in [0.3, 0.4) is 0 Å². The van der Waals surface area contributed by atoms with Gasteiger partial charge in [-0.1, -0.05) is 29.8 Å². The summed E-state index contributed by atoms with van der Waals surface area (Å²) in [7, 11) is 0. The zero-order valence-corrected chi connectivity index (χ0v) is 9.55. The van der Waals surface area contributed by atoms with Crippen molar-refractivity contribution in [1.82, 2.24) is 5.32 Å². The average Bonchev–Trinajstić information content (AvgIpc) is 2.63. The number of aryl methyl sites for hydroxylation is 1. The Kier molecular flexibility index (Phi) is 3.08. The van der Waals surface area contributed by atoms with E-state index >= 15 is 0 Å². The highest BCUT2D eigenvalue weighted by molar-refractivity contribution is 5.21. The van der Waals surface area contributed by atoms with Crippen LogP contribution in [0.5, 0.6) is 0 Å². The zero-order chi connectivity index (χ0) is 10.7. The van der Waals surface area contributed by atoms with E-state index in [0.29, 0.717) is 0 Å². The van der Waals surface area contributed by atoms with Crippen LogP contribution in [0, 0.1) is 6.92 Å². The lowest BCUT2D eigenvalue weighted by Gasteiger charge is -2.23. The van der Waals surface area contributed by atoms with Crippen LogP contribution in [0.1, 0.15) is 24.5 Å². The molecule has 0 saturated carbocycles. The smallest absolute Gasteiger partial charge is 0.0794 e. The van der Waals surface area contributed by atoms with E-state index in [2.05, 4.69) is 43.4 Å². The number of nitrogens with one attached hydrogen (secondary N) is 1. The maximum atomic E-state index is 5.97. The molecule has 2 heteroatoms. The van der Waals surface area contributed by atoms with Gasteiger partial charge in [-0.2, -0.15) is 0 Å². The van der Waals surface area contributed by atoms with Gasteiger partial charge in [0, 0.05) is 6.54 Å². The molecule has 0 spiro atoms. The van der Waals surface area contributed by atoms with E-state index in [1.54, 1.807) is 0 Å². The standard InChI is InChI=1S/C13H19NO/c1-11-4-3-5-12(8-11)9-15-13(2)6-7-14-10-13/h3-5,8,14H,6-7,9-10H2,1-2H3. The number of benzene rings is 1. The molecular formula is C13H19NO. The van der Waals surface area contributed by atoms with Gasteiger partial charge in [0.1, 0.15) is 0 Å². The molecule has 0 aliphatic carbocycles. The second kappa shape index (κ2) is 4.33. The molecule has 1 aromatic rings. The highest BCUT2D eigenvalue weighted by atomic mass is 16.5. The minimum Gasteiger partial charge on any atom is -0.369 e. The lowest BCUT2D eigenvalue weighted by Crippen LogP contribution is -2.30. The van der Waals surface area contributed by atoms with Crippen molar-refractivity contribution in [2.45, 2.75) is 32.5 Å². The molecule has 15 heavy (non-hydrogen) atoms. The van der Waals surface area contributed by atoms with Crippen molar-refractivity contribution in [3.05, 3.63) is 35.4 Å². The zero-order valence-electron chi connectivity index (χ0n) is 9.55. The molecule has 1 aromatic carbocycles. The summed E-state index contributed by atoms with van der Waals surface area (Å²) in [5.74, 6) is 0. The second-order valence-corrected chi connectivity index (χ2v) is 4.65. The predicted molar refractivity (Wildman–Crippen MR) is 61.9 cm³/mol. The van der Waals surface area contributed by atoms with Crippen molar-refractivity contribution in [2.75, 3.05) is 13.1 Å². The van der Waals surface area contributed by atoms with Gasteiger partial charge in [-0.15, -0.1) is 0 Å². The normalized spacial score (nSPS) is 25.7. The predicted octanol–water partition coefficient (Wildman–Crippen LogP) is 2.26. The van der Waals surface area contributed by atoms with Gasteiger partial charge in [-0.3, -0.25) is 0 Å². The van der Waals surface area contributed by atoms with Gasteiger partial charge in [0.2, 0.25) is 0 Å². The highest BCUT2D eigenvalue weighted by Crippen LogP contribution is 2.20. The van der Waals surface area contributed by atoms with Crippen molar-refractivity contribution in [2.24, 2.45) is 0 Å². The third-order valence-electron chi connectivity index (χ3n) is 3.00. The lowest BCUT2D eigenvalue weighted by molar-refractivity contribution is -0.0278. The minimum atomic E-state index is 0.0315. The fraction of sp³-hybridized carbons (Fsp3) is 0.538. The second-order valence-electron chi connectivity index (χ2n) is 4.65. The molecule has 0 amide bonds. The minimum absolute atomic E-state index is 0.0315. The fourth-order valence-electron chi connectivity index (χ4n) is 1.98. The highest BCUT2D eigenvalue weighted by Gasteiger charge is 2.28. The number of rotatable bonds is 3. The molecule has 1 fully saturated rings. The van der Waals surface area contributed by atoms with Crippen molar-refractivity contribution in [1.29, 1.82) is 0 Å². The maximum Gasteiger partial charge on any atom is 0.0794 e. The number of ether oxygens (including phenoxy) is 1. The average molecular weight is 205 g/mol. The van der Waals surface area contributed by atoms with E-state index in [1.165, 1.54) is 11.1 Å². The largest absolute Gasteiger partial charge is 0.369 e. The van der Waals surface area contributed by atoms with E-state index < -0.39 is 0 Å². The molecule has 1 unspecified atom stereocenters. The summed E-state index contributed by atoms with van der Waals surface area (Å²) < 4.78 is 5.97. The van der Waals surface area contributed by atoms with Crippen molar-refractivity contribution >= 4 is 0 Å². The van der Waals surface area contributed by atoms with Crippen LogP contribution in [0.15, 0.2) is 24.3 Å². The molecule has 0 bridgehead atoms. The van der Waals surface area contributed by atoms with E-state index in [1.807, 2.05) is 0 Å². The SMILES string of the molecule is Cc1cccc(COC2(C)CCNC2)c1. The van der Waals surface area contributed by atoms with E-state index in [4.69, 9.17) is 4.74 Å². The van der Waals surface area contributed by atoms with Gasteiger partial charge in [-0.05, 0) is 32.4 Å². The van der Waals surface area contributed by atoms with Crippen LogP contribution >= 0.6 is 0 Å². The lowest BCUT2D eigenvalue weighted by atomic mass is 10.1. The first kappa shape index (κ1) is 10.7. The Morgan fingerprint density at radius 2 is 2.33 bits per heavy atom. The molecule has 1 aliphatic heterocycles. The molecule has 1 saturated heterocycles. The van der Waals surface area contributed by atoms with Crippen molar-refractivity contribution in [3.8, 4) is 0 Å². The molecule has 1 atom stereocenters. The van der Waals surface area contributed by atoms with Crippen LogP contribution in [-0.4, -0.2) is 18.7 Å². The number of hydrogen-bond acceptors (Lipinski definition) is 2. The van der Waals surface area contributed by atoms with Crippen LogP contribution in [0.4, 0.5) is 0 Å².